The van der Waals surface area contributed by atoms with Crippen LogP contribution in [-0.2, 0) is 0 Å². The van der Waals surface area contributed by atoms with Crippen LogP contribution < -0.4 is 5.32 Å². The molecule has 1 N–H and O–H groups in total. The van der Waals surface area contributed by atoms with Crippen molar-refractivity contribution in [2.45, 2.75) is 39.0 Å². The van der Waals surface area contributed by atoms with Gasteiger partial charge in [0.05, 0.1) is 22.3 Å². The van der Waals surface area contributed by atoms with Gasteiger partial charge in [0.25, 0.3) is 5.91 Å². The number of carbonyl (C=O) groups excluding carboxylic acids is 1. The molecule has 0 aromatic carbocycles. The molecule has 1 rings (SSSR count). The van der Waals surface area contributed by atoms with E-state index in [0.717, 1.165) is 18.5 Å². The van der Waals surface area contributed by atoms with Crippen LogP contribution in [0.25, 0.3) is 0 Å². The topological polar surface area (TPSA) is 54.9 Å². The quantitative estimate of drug-likeness (QED) is 0.821. The molecule has 94 valence electrons. The zero-order valence-electron chi connectivity index (χ0n) is 10.5. The zero-order chi connectivity index (χ0) is 12.8. The van der Waals surface area contributed by atoms with Crippen LogP contribution in [0.1, 0.15) is 41.5 Å². The number of hydrogen-bond acceptors (Lipinski definition) is 3. The number of nitrogens with one attached hydrogen (secondary N) is 1. The summed E-state index contributed by atoms with van der Waals surface area (Å²) in [6.07, 6.45) is 1.91. The number of carbonyl (C=O) groups is 1. The third kappa shape index (κ3) is 4.30. The van der Waals surface area contributed by atoms with E-state index in [1.165, 1.54) is 0 Å². The molecule has 0 saturated carbocycles. The molecule has 5 heteroatoms. The third-order valence-corrected chi connectivity index (χ3v) is 2.80. The summed E-state index contributed by atoms with van der Waals surface area (Å²) in [5, 5.41) is 10.6. The molecule has 0 aliphatic rings. The Balaban J connectivity index is 2.61. The number of nitrogens with zero attached hydrogens (tertiary/aromatic N) is 2. The lowest BCUT2D eigenvalue weighted by atomic mass is 10.2. The summed E-state index contributed by atoms with van der Waals surface area (Å²) < 4.78 is 0. The van der Waals surface area contributed by atoms with Crippen LogP contribution in [0.5, 0.6) is 0 Å². The lowest BCUT2D eigenvalue weighted by molar-refractivity contribution is 0.0952. The second-order valence-corrected chi connectivity index (χ2v) is 4.70. The van der Waals surface area contributed by atoms with E-state index in [4.69, 9.17) is 11.6 Å². The molecule has 0 fully saturated rings. The van der Waals surface area contributed by atoms with Crippen molar-refractivity contribution in [1.82, 2.24) is 15.5 Å². The van der Waals surface area contributed by atoms with Gasteiger partial charge in [-0.05, 0) is 26.3 Å². The molecular formula is C12H18ClN3O. The predicted molar refractivity (Wildman–Crippen MR) is 68.4 cm³/mol. The van der Waals surface area contributed by atoms with Crippen molar-refractivity contribution in [3.8, 4) is 0 Å². The van der Waals surface area contributed by atoms with Crippen molar-refractivity contribution in [3.05, 3.63) is 23.0 Å². The number of amides is 1. The highest BCUT2D eigenvalue weighted by Gasteiger charge is 2.12. The van der Waals surface area contributed by atoms with Crippen LogP contribution in [0.3, 0.4) is 0 Å². The molecular weight excluding hydrogens is 238 g/mol. The minimum absolute atomic E-state index is 0.0138. The molecule has 0 spiro atoms. The van der Waals surface area contributed by atoms with Crippen LogP contribution in [0, 0.1) is 13.8 Å². The minimum Gasteiger partial charge on any atom is -0.350 e. The molecule has 0 saturated heterocycles. The van der Waals surface area contributed by atoms with E-state index in [2.05, 4.69) is 22.4 Å². The summed E-state index contributed by atoms with van der Waals surface area (Å²) in [6.45, 7) is 6.13. The van der Waals surface area contributed by atoms with Crippen molar-refractivity contribution in [3.63, 3.8) is 0 Å². The summed E-state index contributed by atoms with van der Waals surface area (Å²) in [5.74, 6) is -0.137. The van der Waals surface area contributed by atoms with E-state index in [1.54, 1.807) is 13.0 Å². The monoisotopic (exact) mass is 255 g/mol. The third-order valence-electron chi connectivity index (χ3n) is 2.43. The van der Waals surface area contributed by atoms with Crippen molar-refractivity contribution >= 4 is 17.5 Å². The Hall–Kier alpha value is -1.16. The van der Waals surface area contributed by atoms with Crippen molar-refractivity contribution in [2.24, 2.45) is 0 Å². The average molecular weight is 256 g/mol. The smallest absolute Gasteiger partial charge is 0.253 e. The van der Waals surface area contributed by atoms with E-state index in [9.17, 15) is 4.79 Å². The van der Waals surface area contributed by atoms with Gasteiger partial charge < -0.3 is 5.32 Å². The Labute approximate surface area is 107 Å². The van der Waals surface area contributed by atoms with Crippen LogP contribution in [0.15, 0.2) is 6.07 Å². The molecule has 1 aromatic heterocycles. The van der Waals surface area contributed by atoms with Crippen molar-refractivity contribution < 1.29 is 4.79 Å². The maximum absolute atomic E-state index is 11.9. The van der Waals surface area contributed by atoms with E-state index in [1.807, 2.05) is 6.92 Å². The molecule has 4 nitrogen and oxygen atoms in total. The van der Waals surface area contributed by atoms with E-state index < -0.39 is 0 Å². The van der Waals surface area contributed by atoms with Gasteiger partial charge in [-0.2, -0.15) is 10.2 Å². The molecule has 1 heterocycles. The fourth-order valence-electron chi connectivity index (χ4n) is 1.49. The normalized spacial score (nSPS) is 12.2. The fraction of sp³-hybridized carbons (Fsp3) is 0.583. The predicted octanol–water partition coefficient (Wildman–Crippen LogP) is 2.23. The maximum Gasteiger partial charge on any atom is 0.253 e. The molecule has 1 aromatic rings. The van der Waals surface area contributed by atoms with E-state index >= 15 is 0 Å². The van der Waals surface area contributed by atoms with Gasteiger partial charge in [0, 0.05) is 6.54 Å². The molecule has 1 unspecified atom stereocenters. The number of aryl methyl sites for hydroxylation is 2. The SMILES string of the molecule is CCCC(Cl)CNC(=O)c1cc(C)nnc1C. The first-order valence-electron chi connectivity index (χ1n) is 5.77. The van der Waals surface area contributed by atoms with Gasteiger partial charge in [-0.15, -0.1) is 11.6 Å². The van der Waals surface area contributed by atoms with E-state index in [-0.39, 0.29) is 11.3 Å². The Kier molecular flexibility index (Phi) is 5.35. The zero-order valence-corrected chi connectivity index (χ0v) is 11.2. The first-order valence-corrected chi connectivity index (χ1v) is 6.21. The Bertz CT molecular complexity index is 395. The number of halogens is 1. The van der Waals surface area contributed by atoms with Gasteiger partial charge in [0.2, 0.25) is 0 Å². The van der Waals surface area contributed by atoms with Crippen molar-refractivity contribution in [2.75, 3.05) is 6.54 Å². The van der Waals surface area contributed by atoms with Crippen molar-refractivity contribution in [1.29, 1.82) is 0 Å². The summed E-state index contributed by atoms with van der Waals surface area (Å²) >= 11 is 6.04. The molecule has 0 aliphatic heterocycles. The standard InChI is InChI=1S/C12H18ClN3O/c1-4-5-10(13)7-14-12(17)11-6-8(2)15-16-9(11)3/h6,10H,4-5,7H2,1-3H3,(H,14,17). The summed E-state index contributed by atoms with van der Waals surface area (Å²) in [7, 11) is 0. The highest BCUT2D eigenvalue weighted by molar-refractivity contribution is 6.20. The van der Waals surface area contributed by atoms with E-state index in [0.29, 0.717) is 17.8 Å². The molecule has 0 radical (unpaired) electrons. The number of aromatic nitrogens is 2. The van der Waals surface area contributed by atoms with Crippen LogP contribution in [-0.4, -0.2) is 28.0 Å². The maximum atomic E-state index is 11.9. The molecule has 0 bridgehead atoms. The largest absolute Gasteiger partial charge is 0.350 e. The molecule has 0 aliphatic carbocycles. The average Bonchev–Trinajstić information content (AvgIpc) is 2.29. The lowest BCUT2D eigenvalue weighted by Gasteiger charge is -2.10. The van der Waals surface area contributed by atoms with Crippen LogP contribution in [0.2, 0.25) is 0 Å². The Morgan fingerprint density at radius 3 is 2.82 bits per heavy atom. The Morgan fingerprint density at radius 1 is 1.47 bits per heavy atom. The highest BCUT2D eigenvalue weighted by Crippen LogP contribution is 2.07. The number of hydrogen-bond donors (Lipinski definition) is 1. The summed E-state index contributed by atoms with van der Waals surface area (Å²) in [5.41, 5.74) is 1.93. The first-order chi connectivity index (χ1) is 8.04. The molecule has 1 atom stereocenters. The molecule has 17 heavy (non-hydrogen) atoms. The van der Waals surface area contributed by atoms with Gasteiger partial charge in [0.15, 0.2) is 0 Å². The second-order valence-electron chi connectivity index (χ2n) is 4.08. The Morgan fingerprint density at radius 2 is 2.18 bits per heavy atom. The number of rotatable bonds is 5. The fourth-order valence-corrected chi connectivity index (χ4v) is 1.79. The minimum atomic E-state index is -0.137. The summed E-state index contributed by atoms with van der Waals surface area (Å²) in [6, 6.07) is 1.74. The van der Waals surface area contributed by atoms with Crippen LogP contribution >= 0.6 is 11.6 Å². The van der Waals surface area contributed by atoms with Gasteiger partial charge >= 0.3 is 0 Å². The lowest BCUT2D eigenvalue weighted by Crippen LogP contribution is -2.30. The number of alkyl halides is 1. The highest BCUT2D eigenvalue weighted by atomic mass is 35.5. The summed E-state index contributed by atoms with van der Waals surface area (Å²) in [4.78, 5) is 11.9. The van der Waals surface area contributed by atoms with Gasteiger partial charge in [-0.3, -0.25) is 4.79 Å². The molecule has 1 amide bonds. The van der Waals surface area contributed by atoms with Gasteiger partial charge in [-0.25, -0.2) is 0 Å². The first kappa shape index (κ1) is 13.9. The van der Waals surface area contributed by atoms with Crippen LogP contribution in [0.4, 0.5) is 0 Å². The van der Waals surface area contributed by atoms with Gasteiger partial charge in [0.1, 0.15) is 0 Å². The van der Waals surface area contributed by atoms with Gasteiger partial charge in [-0.1, -0.05) is 13.3 Å². The second kappa shape index (κ2) is 6.55.